The molecule has 0 aromatic rings. The van der Waals surface area contributed by atoms with E-state index in [0.717, 1.165) is 11.3 Å². The second-order valence-corrected chi connectivity index (χ2v) is 10.9. The van der Waals surface area contributed by atoms with Crippen molar-refractivity contribution in [2.45, 2.75) is 90.9 Å². The highest BCUT2D eigenvalue weighted by Gasteiger charge is 2.21. The quantitative estimate of drug-likeness (QED) is 0.333. The molecule has 0 heterocycles. The van der Waals surface area contributed by atoms with E-state index in [4.69, 9.17) is 0 Å². The van der Waals surface area contributed by atoms with E-state index in [9.17, 15) is 0 Å². The van der Waals surface area contributed by atoms with Crippen molar-refractivity contribution in [2.24, 2.45) is 0 Å². The van der Waals surface area contributed by atoms with Crippen LogP contribution in [0.4, 0.5) is 0 Å². The Morgan fingerprint density at radius 1 is 0.765 bits per heavy atom. The van der Waals surface area contributed by atoms with Gasteiger partial charge in [-0.05, 0) is 23.9 Å². The third-order valence-corrected chi connectivity index (χ3v) is 9.50. The van der Waals surface area contributed by atoms with Crippen LogP contribution in [0.2, 0.25) is 0 Å². The molecule has 0 rings (SSSR count). The molecular formula is C16H35P. The summed E-state index contributed by atoms with van der Waals surface area (Å²) < 4.78 is 0. The maximum Gasteiger partial charge on any atom is -0.0270 e. The Balaban J connectivity index is 3.74. The Morgan fingerprint density at radius 3 is 1.59 bits per heavy atom. The zero-order valence-corrected chi connectivity index (χ0v) is 13.9. The molecule has 104 valence electrons. The Kier molecular flexibility index (Phi) is 9.42. The molecule has 0 N–H and O–H groups in total. The van der Waals surface area contributed by atoms with E-state index in [1.165, 1.54) is 51.1 Å². The maximum absolute atomic E-state index is 4.63. The van der Waals surface area contributed by atoms with Gasteiger partial charge in [-0.3, -0.25) is 0 Å². The first kappa shape index (κ1) is 17.3. The summed E-state index contributed by atoms with van der Waals surface area (Å²) in [5, 5.41) is 0. The summed E-state index contributed by atoms with van der Waals surface area (Å²) in [5.41, 5.74) is 1.62. The first-order chi connectivity index (χ1) is 7.95. The molecule has 0 aliphatic carbocycles. The lowest BCUT2D eigenvalue weighted by Gasteiger charge is -2.33. The molecule has 0 unspecified atom stereocenters. The van der Waals surface area contributed by atoms with E-state index < -0.39 is 6.89 Å². The van der Waals surface area contributed by atoms with E-state index in [1.54, 1.807) is 0 Å². The summed E-state index contributed by atoms with van der Waals surface area (Å²) in [6, 6.07) is 0. The second-order valence-electron chi connectivity index (χ2n) is 6.14. The van der Waals surface area contributed by atoms with Crippen LogP contribution in [0.15, 0.2) is 0 Å². The summed E-state index contributed by atoms with van der Waals surface area (Å²) in [6.07, 6.45) is 16.0. The van der Waals surface area contributed by atoms with Gasteiger partial charge in [-0.1, -0.05) is 73.1 Å². The zero-order chi connectivity index (χ0) is 13.3. The van der Waals surface area contributed by atoms with Crippen LogP contribution in [0, 0.1) is 0 Å². The first-order valence-corrected chi connectivity index (χ1v) is 9.96. The SMILES string of the molecule is C=P(CCCCCCCCC)(C(C)C)C(C)C. The van der Waals surface area contributed by atoms with Gasteiger partial charge in [0.05, 0.1) is 0 Å². The molecular weight excluding hydrogens is 223 g/mol. The van der Waals surface area contributed by atoms with Gasteiger partial charge in [0.25, 0.3) is 0 Å². The minimum Gasteiger partial charge on any atom is -0.107 e. The van der Waals surface area contributed by atoms with E-state index >= 15 is 0 Å². The molecule has 1 heteroatoms. The van der Waals surface area contributed by atoms with Crippen molar-refractivity contribution in [3.8, 4) is 0 Å². The van der Waals surface area contributed by atoms with Crippen molar-refractivity contribution >= 4 is 13.2 Å². The van der Waals surface area contributed by atoms with Crippen LogP contribution < -0.4 is 0 Å². The van der Waals surface area contributed by atoms with Gasteiger partial charge in [-0.2, -0.15) is 0 Å². The predicted octanol–water partition coefficient (Wildman–Crippen LogP) is 6.00. The van der Waals surface area contributed by atoms with Crippen LogP contribution >= 0.6 is 6.89 Å². The molecule has 0 amide bonds. The van der Waals surface area contributed by atoms with Crippen molar-refractivity contribution < 1.29 is 0 Å². The van der Waals surface area contributed by atoms with E-state index in [-0.39, 0.29) is 0 Å². The molecule has 0 radical (unpaired) electrons. The monoisotopic (exact) mass is 258 g/mol. The number of rotatable bonds is 10. The van der Waals surface area contributed by atoms with Crippen LogP contribution in [0.3, 0.4) is 0 Å². The van der Waals surface area contributed by atoms with Crippen molar-refractivity contribution in [3.63, 3.8) is 0 Å². The lowest BCUT2D eigenvalue weighted by molar-refractivity contribution is 0.602. The molecule has 0 spiro atoms. The molecule has 17 heavy (non-hydrogen) atoms. The Morgan fingerprint density at radius 2 is 1.18 bits per heavy atom. The fourth-order valence-corrected chi connectivity index (χ4v) is 5.51. The lowest BCUT2D eigenvalue weighted by Crippen LogP contribution is -2.12. The van der Waals surface area contributed by atoms with Crippen molar-refractivity contribution in [2.75, 3.05) is 6.16 Å². The number of hydrogen-bond donors (Lipinski definition) is 0. The minimum atomic E-state index is -0.925. The minimum absolute atomic E-state index is 0.808. The van der Waals surface area contributed by atoms with Crippen LogP contribution in [0.1, 0.15) is 79.6 Å². The van der Waals surface area contributed by atoms with Gasteiger partial charge in [0.1, 0.15) is 0 Å². The van der Waals surface area contributed by atoms with Gasteiger partial charge < -0.3 is 0 Å². The van der Waals surface area contributed by atoms with Crippen molar-refractivity contribution in [1.82, 2.24) is 0 Å². The van der Waals surface area contributed by atoms with Gasteiger partial charge in [0.15, 0.2) is 0 Å². The Hall–Kier alpha value is 0.300. The smallest absolute Gasteiger partial charge is 0.0270 e. The fraction of sp³-hybridized carbons (Fsp3) is 0.938. The van der Waals surface area contributed by atoms with Gasteiger partial charge >= 0.3 is 0 Å². The summed E-state index contributed by atoms with van der Waals surface area (Å²) in [6.45, 7) is 10.9. The molecule has 0 saturated carbocycles. The molecule has 0 aliphatic heterocycles. The third kappa shape index (κ3) is 6.70. The molecule has 0 bridgehead atoms. The predicted molar refractivity (Wildman–Crippen MR) is 87.2 cm³/mol. The van der Waals surface area contributed by atoms with E-state index in [2.05, 4.69) is 40.9 Å². The summed E-state index contributed by atoms with van der Waals surface area (Å²) in [4.78, 5) is 0. The topological polar surface area (TPSA) is 0 Å². The molecule has 0 aromatic heterocycles. The summed E-state index contributed by atoms with van der Waals surface area (Å²) >= 11 is 0. The highest BCUT2D eigenvalue weighted by molar-refractivity contribution is 7.74. The van der Waals surface area contributed by atoms with E-state index in [1.807, 2.05) is 0 Å². The van der Waals surface area contributed by atoms with Gasteiger partial charge in [-0.25, -0.2) is 0 Å². The van der Waals surface area contributed by atoms with Crippen LogP contribution in [-0.2, 0) is 0 Å². The molecule has 0 aromatic carbocycles. The van der Waals surface area contributed by atoms with Crippen molar-refractivity contribution in [1.29, 1.82) is 0 Å². The molecule has 0 saturated heterocycles. The largest absolute Gasteiger partial charge is 0.107 e. The average molecular weight is 258 g/mol. The molecule has 0 nitrogen and oxygen atoms in total. The summed E-state index contributed by atoms with van der Waals surface area (Å²) in [5.74, 6) is 0. The normalized spacial score (nSPS) is 12.6. The van der Waals surface area contributed by atoms with Gasteiger partial charge in [0, 0.05) is 0 Å². The number of unbranched alkanes of at least 4 members (excludes halogenated alkanes) is 6. The Bertz CT molecular complexity index is 204. The van der Waals surface area contributed by atoms with Gasteiger partial charge in [-0.15, -0.1) is 13.2 Å². The first-order valence-electron chi connectivity index (χ1n) is 7.67. The average Bonchev–Trinajstić information content (AvgIpc) is 2.27. The highest BCUT2D eigenvalue weighted by atomic mass is 31.2. The number of hydrogen-bond acceptors (Lipinski definition) is 0. The molecule has 0 aliphatic rings. The van der Waals surface area contributed by atoms with Crippen molar-refractivity contribution in [3.05, 3.63) is 0 Å². The standard InChI is InChI=1S/C16H35P/c1-7-8-9-10-11-12-13-14-17(6,15(2)3)16(4)5/h15-16H,6-14H2,1-5H3. The highest BCUT2D eigenvalue weighted by Crippen LogP contribution is 2.54. The van der Waals surface area contributed by atoms with Crippen LogP contribution in [-0.4, -0.2) is 23.8 Å². The summed E-state index contributed by atoms with van der Waals surface area (Å²) in [7, 11) is 0. The second kappa shape index (κ2) is 9.26. The Labute approximate surface area is 111 Å². The lowest BCUT2D eigenvalue weighted by atomic mass is 10.1. The van der Waals surface area contributed by atoms with E-state index in [0.29, 0.717) is 0 Å². The molecule has 0 fully saturated rings. The van der Waals surface area contributed by atoms with Crippen LogP contribution in [0.5, 0.6) is 0 Å². The van der Waals surface area contributed by atoms with Crippen LogP contribution in [0.25, 0.3) is 0 Å². The maximum atomic E-state index is 4.63. The fourth-order valence-electron chi connectivity index (χ4n) is 2.48. The molecule has 0 atom stereocenters. The zero-order valence-electron chi connectivity index (χ0n) is 13.0. The third-order valence-electron chi connectivity index (χ3n) is 4.23. The van der Waals surface area contributed by atoms with Gasteiger partial charge in [0.2, 0.25) is 0 Å².